The molecule has 4 N–H and O–H groups in total. The number of amides is 1. The largest absolute Gasteiger partial charge is 0.416 e. The molecule has 2 aliphatic heterocycles. The van der Waals surface area contributed by atoms with Crippen LogP contribution < -0.4 is 0 Å². The number of carbonyl (C=O) groups is 1. The van der Waals surface area contributed by atoms with E-state index in [1.807, 2.05) is 0 Å². The van der Waals surface area contributed by atoms with Gasteiger partial charge in [-0.1, -0.05) is 0 Å². The minimum absolute atomic E-state index is 0.0994. The lowest BCUT2D eigenvalue weighted by Gasteiger charge is -2.41. The first kappa shape index (κ1) is 14.8. The van der Waals surface area contributed by atoms with Gasteiger partial charge in [0, 0.05) is 18.3 Å². The van der Waals surface area contributed by atoms with Crippen LogP contribution in [0.25, 0.3) is 0 Å². The van der Waals surface area contributed by atoms with Gasteiger partial charge in [-0.05, 0) is 0 Å². The van der Waals surface area contributed by atoms with Crippen LogP contribution in [0.5, 0.6) is 0 Å². The Balaban J connectivity index is 1.93. The predicted octanol–water partition coefficient (Wildman–Crippen LogP) is -2.46. The summed E-state index contributed by atoms with van der Waals surface area (Å²) in [5.74, 6) is 0. The summed E-state index contributed by atoms with van der Waals surface area (Å²) in [4.78, 5) is 13.0. The minimum Gasteiger partial charge on any atom is -0.416 e. The smallest absolute Gasteiger partial charge is 0.412 e. The Hall–Kier alpha value is -0.580. The van der Waals surface area contributed by atoms with Crippen molar-refractivity contribution in [3.05, 3.63) is 0 Å². The Kier molecular flexibility index (Phi) is 4.54. The number of nitrogens with zero attached hydrogens (tertiary/aromatic N) is 1. The monoisotopic (exact) mass is 295 g/mol. The summed E-state index contributed by atoms with van der Waals surface area (Å²) in [5, 5.41) is 37.8. The van der Waals surface area contributed by atoms with Gasteiger partial charge in [-0.3, -0.25) is 0 Å². The van der Waals surface area contributed by atoms with Crippen molar-refractivity contribution in [1.29, 1.82) is 0 Å². The average molecular weight is 295 g/mol. The lowest BCUT2D eigenvalue weighted by molar-refractivity contribution is -0.286. The number of hydrogen-bond donors (Lipinski definition) is 5. The highest BCUT2D eigenvalue weighted by atomic mass is 32.1. The molecule has 2 fully saturated rings. The van der Waals surface area contributed by atoms with Crippen LogP contribution in [0.2, 0.25) is 0 Å². The molecule has 19 heavy (non-hydrogen) atoms. The van der Waals surface area contributed by atoms with Crippen LogP contribution in [-0.2, 0) is 9.47 Å². The molecule has 9 heteroatoms. The average Bonchev–Trinajstić information content (AvgIpc) is 2.35. The van der Waals surface area contributed by atoms with Crippen molar-refractivity contribution in [2.45, 2.75) is 36.0 Å². The first-order valence-corrected chi connectivity index (χ1v) is 6.39. The Labute approximate surface area is 114 Å². The molecule has 0 unspecified atom stereocenters. The van der Waals surface area contributed by atoms with E-state index in [2.05, 4.69) is 12.6 Å². The van der Waals surface area contributed by atoms with E-state index in [-0.39, 0.29) is 5.25 Å². The van der Waals surface area contributed by atoms with Gasteiger partial charge in [0.1, 0.15) is 24.4 Å². The van der Waals surface area contributed by atoms with Crippen molar-refractivity contribution in [1.82, 2.24) is 4.90 Å². The second-order valence-corrected chi connectivity index (χ2v) is 5.37. The van der Waals surface area contributed by atoms with Crippen LogP contribution >= 0.6 is 12.6 Å². The molecule has 5 atom stereocenters. The van der Waals surface area contributed by atoms with Crippen LogP contribution in [-0.4, -0.2) is 87.1 Å². The van der Waals surface area contributed by atoms with Gasteiger partial charge >= 0.3 is 6.09 Å². The Bertz CT molecular complexity index is 336. The van der Waals surface area contributed by atoms with Gasteiger partial charge in [-0.15, -0.1) is 0 Å². The number of hydrogen-bond acceptors (Lipinski definition) is 8. The first-order valence-electron chi connectivity index (χ1n) is 5.88. The molecule has 0 bridgehead atoms. The van der Waals surface area contributed by atoms with Gasteiger partial charge in [0.05, 0.1) is 6.61 Å². The van der Waals surface area contributed by atoms with E-state index in [0.29, 0.717) is 13.1 Å². The predicted molar refractivity (Wildman–Crippen MR) is 64.6 cm³/mol. The molecule has 2 rings (SSSR count). The molecular formula is C10H17NO7S. The Morgan fingerprint density at radius 2 is 1.89 bits per heavy atom. The molecule has 0 saturated carbocycles. The fourth-order valence-electron chi connectivity index (χ4n) is 1.94. The van der Waals surface area contributed by atoms with Gasteiger partial charge < -0.3 is 34.8 Å². The summed E-state index contributed by atoms with van der Waals surface area (Å²) in [6.45, 7) is 0.292. The third-order valence-electron chi connectivity index (χ3n) is 3.19. The van der Waals surface area contributed by atoms with Crippen LogP contribution in [0.15, 0.2) is 0 Å². The second-order valence-electron chi connectivity index (χ2n) is 4.64. The summed E-state index contributed by atoms with van der Waals surface area (Å²) >= 11 is 4.14. The molecule has 2 aliphatic rings. The molecule has 0 aromatic rings. The first-order chi connectivity index (χ1) is 8.93. The quantitative estimate of drug-likeness (QED) is 0.358. The summed E-state index contributed by atoms with van der Waals surface area (Å²) in [6.07, 6.45) is -7.82. The zero-order valence-corrected chi connectivity index (χ0v) is 10.9. The van der Waals surface area contributed by atoms with Crippen LogP contribution in [0.1, 0.15) is 0 Å². The molecule has 2 heterocycles. The molecule has 1 amide bonds. The number of ether oxygens (including phenoxy) is 2. The number of rotatable bonds is 2. The summed E-state index contributed by atoms with van der Waals surface area (Å²) in [6, 6.07) is 0. The third-order valence-corrected chi connectivity index (χ3v) is 3.51. The minimum atomic E-state index is -1.57. The van der Waals surface area contributed by atoms with E-state index < -0.39 is 43.4 Å². The molecule has 110 valence electrons. The van der Waals surface area contributed by atoms with Crippen LogP contribution in [0.3, 0.4) is 0 Å². The number of aliphatic hydroxyl groups excluding tert-OH is 4. The van der Waals surface area contributed by atoms with E-state index in [4.69, 9.17) is 14.6 Å². The van der Waals surface area contributed by atoms with Crippen molar-refractivity contribution in [3.8, 4) is 0 Å². The zero-order valence-electron chi connectivity index (χ0n) is 9.99. The highest BCUT2D eigenvalue weighted by Gasteiger charge is 2.46. The molecule has 0 aromatic carbocycles. The normalized spacial score (nSPS) is 39.8. The van der Waals surface area contributed by atoms with Crippen molar-refractivity contribution >= 4 is 18.7 Å². The molecule has 0 aromatic heterocycles. The maximum absolute atomic E-state index is 11.6. The fraction of sp³-hybridized carbons (Fsp3) is 0.900. The maximum Gasteiger partial charge on any atom is 0.412 e. The molecule has 0 spiro atoms. The van der Waals surface area contributed by atoms with E-state index in [0.717, 1.165) is 0 Å². The van der Waals surface area contributed by atoms with Crippen molar-refractivity contribution < 1.29 is 34.7 Å². The summed E-state index contributed by atoms with van der Waals surface area (Å²) in [5.41, 5.74) is 0. The lowest BCUT2D eigenvalue weighted by Crippen LogP contribution is -2.61. The van der Waals surface area contributed by atoms with Crippen LogP contribution in [0.4, 0.5) is 4.79 Å². The van der Waals surface area contributed by atoms with Crippen molar-refractivity contribution in [2.75, 3.05) is 19.7 Å². The Morgan fingerprint density at radius 3 is 2.42 bits per heavy atom. The van der Waals surface area contributed by atoms with E-state index in [1.54, 1.807) is 0 Å². The topological polar surface area (TPSA) is 120 Å². The highest BCUT2D eigenvalue weighted by molar-refractivity contribution is 7.81. The van der Waals surface area contributed by atoms with Gasteiger partial charge in [0.2, 0.25) is 6.29 Å². The standard InChI is InChI=1S/C10H17NO7S/c12-3-5-6(13)7(14)8(15)9(17-5)18-10(16)11-1-4(19)2-11/h4-9,12-15,19H,1-3H2/t5-,6+,7+,8-,9+/m1/s1. The van der Waals surface area contributed by atoms with Crippen molar-refractivity contribution in [3.63, 3.8) is 0 Å². The lowest BCUT2D eigenvalue weighted by atomic mass is 9.99. The SMILES string of the molecule is O=C(O[C@@H]1O[C@H](CO)[C@H](O)[C@H](O)[C@H]1O)N1CC(S)C1. The molecular weight excluding hydrogens is 278 g/mol. The number of carbonyl (C=O) groups excluding carboxylic acids is 1. The maximum atomic E-state index is 11.6. The Morgan fingerprint density at radius 1 is 1.26 bits per heavy atom. The van der Waals surface area contributed by atoms with Gasteiger partial charge in [-0.2, -0.15) is 12.6 Å². The number of likely N-dealkylation sites (tertiary alicyclic amines) is 1. The van der Waals surface area contributed by atoms with E-state index >= 15 is 0 Å². The second kappa shape index (κ2) is 5.81. The van der Waals surface area contributed by atoms with E-state index in [1.165, 1.54) is 4.90 Å². The molecule has 8 nitrogen and oxygen atoms in total. The molecule has 0 aliphatic carbocycles. The van der Waals surface area contributed by atoms with Gasteiger partial charge in [-0.25, -0.2) is 4.79 Å². The summed E-state index contributed by atoms with van der Waals surface area (Å²) in [7, 11) is 0. The van der Waals surface area contributed by atoms with Gasteiger partial charge in [0.25, 0.3) is 0 Å². The zero-order chi connectivity index (χ0) is 14.2. The fourth-order valence-corrected chi connectivity index (χ4v) is 2.34. The highest BCUT2D eigenvalue weighted by Crippen LogP contribution is 2.23. The molecule has 0 radical (unpaired) electrons. The number of thiol groups is 1. The van der Waals surface area contributed by atoms with Crippen molar-refractivity contribution in [2.24, 2.45) is 0 Å². The third kappa shape index (κ3) is 2.96. The number of aliphatic hydroxyl groups is 4. The van der Waals surface area contributed by atoms with Crippen LogP contribution in [0, 0.1) is 0 Å². The summed E-state index contributed by atoms with van der Waals surface area (Å²) < 4.78 is 9.95. The van der Waals surface area contributed by atoms with E-state index in [9.17, 15) is 20.1 Å². The molecule has 2 saturated heterocycles. The van der Waals surface area contributed by atoms with Gasteiger partial charge in [0.15, 0.2) is 0 Å².